The molecule has 0 aliphatic heterocycles. The van der Waals surface area contributed by atoms with E-state index in [4.69, 9.17) is 0 Å². The Morgan fingerprint density at radius 2 is 1.82 bits per heavy atom. The van der Waals surface area contributed by atoms with E-state index >= 15 is 0 Å². The van der Waals surface area contributed by atoms with Crippen molar-refractivity contribution in [1.82, 2.24) is 0 Å². The van der Waals surface area contributed by atoms with Crippen molar-refractivity contribution in [1.29, 1.82) is 0 Å². The fourth-order valence-electron chi connectivity index (χ4n) is 8.12. The number of fused-ring (bicyclic) bond motifs is 5. The van der Waals surface area contributed by atoms with Crippen molar-refractivity contribution in [2.24, 2.45) is 34.5 Å². The number of hydrogen-bond acceptors (Lipinski definition) is 6. The van der Waals surface area contributed by atoms with Gasteiger partial charge in [0.15, 0.2) is 11.6 Å². The second-order valence-corrected chi connectivity index (χ2v) is 12.7. The van der Waals surface area contributed by atoms with E-state index in [-0.39, 0.29) is 42.2 Å². The van der Waals surface area contributed by atoms with Crippen LogP contribution in [0.4, 0.5) is 0 Å². The van der Waals surface area contributed by atoms with Crippen LogP contribution in [-0.2, 0) is 9.59 Å². The number of carbonyl (C=O) groups excluding carboxylic acids is 2. The van der Waals surface area contributed by atoms with Crippen molar-refractivity contribution >= 4 is 11.6 Å². The standard InChI is InChI=1S/C27H42O6/c1-15(20(28)8-9-24(2,3)32)16-7-11-27(33)18-12-21(29)19-13-22(30)23(31)14-25(19,4)17(18)6-10-26(16,27)5/h12,15-17,19-20,23,28,31-33H,6-11,13-14H2,1-5H3/t15-,16+,17-,19-,20+,23-,25+,26+,27+/m0/s1. The Morgan fingerprint density at radius 3 is 2.45 bits per heavy atom. The summed E-state index contributed by atoms with van der Waals surface area (Å²) in [6.45, 7) is 9.67. The molecule has 6 nitrogen and oxygen atoms in total. The first-order chi connectivity index (χ1) is 15.1. The van der Waals surface area contributed by atoms with Gasteiger partial charge in [0.05, 0.1) is 17.3 Å². The molecule has 4 aliphatic carbocycles. The molecule has 4 rings (SSSR count). The van der Waals surface area contributed by atoms with Crippen molar-refractivity contribution < 1.29 is 30.0 Å². The summed E-state index contributed by atoms with van der Waals surface area (Å²) in [6.07, 6.45) is 4.30. The van der Waals surface area contributed by atoms with Crippen molar-refractivity contribution in [2.75, 3.05) is 0 Å². The minimum Gasteiger partial charge on any atom is -0.393 e. The molecule has 33 heavy (non-hydrogen) atoms. The third-order valence-electron chi connectivity index (χ3n) is 10.3. The fraction of sp³-hybridized carbons (Fsp3) is 0.852. The van der Waals surface area contributed by atoms with E-state index < -0.39 is 40.2 Å². The Balaban J connectivity index is 1.63. The van der Waals surface area contributed by atoms with Gasteiger partial charge in [-0.15, -0.1) is 0 Å². The van der Waals surface area contributed by atoms with Gasteiger partial charge in [-0.05, 0) is 93.6 Å². The maximum Gasteiger partial charge on any atom is 0.162 e. The predicted molar refractivity (Wildman–Crippen MR) is 124 cm³/mol. The lowest BCUT2D eigenvalue weighted by atomic mass is 9.46. The highest BCUT2D eigenvalue weighted by Crippen LogP contribution is 2.68. The Hall–Kier alpha value is -1.08. The third-order valence-corrected chi connectivity index (χ3v) is 10.3. The van der Waals surface area contributed by atoms with Crippen molar-refractivity contribution in [3.05, 3.63) is 11.6 Å². The van der Waals surface area contributed by atoms with Crippen molar-refractivity contribution in [3.63, 3.8) is 0 Å². The second-order valence-electron chi connectivity index (χ2n) is 12.7. The lowest BCUT2D eigenvalue weighted by Gasteiger charge is -2.59. The summed E-state index contributed by atoms with van der Waals surface area (Å²) in [4.78, 5) is 25.4. The lowest BCUT2D eigenvalue weighted by molar-refractivity contribution is -0.154. The summed E-state index contributed by atoms with van der Waals surface area (Å²) < 4.78 is 0. The third kappa shape index (κ3) is 3.76. The molecule has 0 unspecified atom stereocenters. The Morgan fingerprint density at radius 1 is 1.15 bits per heavy atom. The predicted octanol–water partition coefficient (Wildman–Crippen LogP) is 2.95. The van der Waals surface area contributed by atoms with Crippen LogP contribution >= 0.6 is 0 Å². The molecule has 4 aliphatic rings. The minimum atomic E-state index is -1.12. The van der Waals surface area contributed by atoms with E-state index in [1.54, 1.807) is 19.9 Å². The topological polar surface area (TPSA) is 115 Å². The van der Waals surface area contributed by atoms with Crippen LogP contribution in [0.5, 0.6) is 0 Å². The number of ketones is 2. The van der Waals surface area contributed by atoms with Crippen LogP contribution in [0, 0.1) is 34.5 Å². The molecule has 0 amide bonds. The van der Waals surface area contributed by atoms with Crippen LogP contribution in [0.2, 0.25) is 0 Å². The van der Waals surface area contributed by atoms with Crippen LogP contribution in [0.15, 0.2) is 11.6 Å². The Kier molecular flexibility index (Phi) is 6.05. The molecule has 0 aromatic carbocycles. The molecule has 0 aromatic heterocycles. The van der Waals surface area contributed by atoms with E-state index in [0.717, 1.165) is 24.8 Å². The maximum atomic E-state index is 13.2. The van der Waals surface area contributed by atoms with E-state index in [9.17, 15) is 30.0 Å². The van der Waals surface area contributed by atoms with Crippen LogP contribution < -0.4 is 0 Å². The molecular weight excluding hydrogens is 420 g/mol. The highest BCUT2D eigenvalue weighted by atomic mass is 16.3. The zero-order valence-electron chi connectivity index (χ0n) is 20.8. The minimum absolute atomic E-state index is 0.0322. The summed E-state index contributed by atoms with van der Waals surface area (Å²) in [6, 6.07) is 0. The van der Waals surface area contributed by atoms with Gasteiger partial charge < -0.3 is 20.4 Å². The number of Topliss-reactive ketones (excluding diaryl/α,β-unsaturated/α-hetero) is 1. The van der Waals surface area contributed by atoms with Gasteiger partial charge in [0.1, 0.15) is 6.10 Å². The number of carbonyl (C=O) groups is 2. The molecule has 6 heteroatoms. The highest BCUT2D eigenvalue weighted by molar-refractivity contribution is 5.99. The second kappa shape index (κ2) is 7.97. The smallest absolute Gasteiger partial charge is 0.162 e. The molecule has 0 bridgehead atoms. The molecule has 3 fully saturated rings. The van der Waals surface area contributed by atoms with Crippen molar-refractivity contribution in [2.45, 2.75) is 109 Å². The van der Waals surface area contributed by atoms with Gasteiger partial charge in [0.25, 0.3) is 0 Å². The average molecular weight is 463 g/mol. The molecule has 0 radical (unpaired) electrons. The quantitative estimate of drug-likeness (QED) is 0.499. The molecule has 4 N–H and O–H groups in total. The number of aliphatic hydroxyl groups excluding tert-OH is 2. The molecular formula is C27H42O6. The van der Waals surface area contributed by atoms with Gasteiger partial charge in [0.2, 0.25) is 0 Å². The van der Waals surface area contributed by atoms with Crippen LogP contribution in [0.1, 0.15) is 86.0 Å². The van der Waals surface area contributed by atoms with Gasteiger partial charge in [-0.25, -0.2) is 0 Å². The molecule has 0 spiro atoms. The molecule has 9 atom stereocenters. The largest absolute Gasteiger partial charge is 0.393 e. The van der Waals surface area contributed by atoms with Gasteiger partial charge in [-0.3, -0.25) is 9.59 Å². The van der Waals surface area contributed by atoms with Gasteiger partial charge in [-0.1, -0.05) is 20.8 Å². The van der Waals surface area contributed by atoms with E-state index in [1.807, 2.05) is 13.8 Å². The van der Waals surface area contributed by atoms with E-state index in [0.29, 0.717) is 19.3 Å². The molecule has 0 heterocycles. The summed E-state index contributed by atoms with van der Waals surface area (Å²) in [5, 5.41) is 43.6. The maximum absolute atomic E-state index is 13.2. The van der Waals surface area contributed by atoms with E-state index in [2.05, 4.69) is 6.92 Å². The average Bonchev–Trinajstić information content (AvgIpc) is 2.99. The first-order valence-corrected chi connectivity index (χ1v) is 12.7. The summed E-state index contributed by atoms with van der Waals surface area (Å²) in [5.74, 6) is -0.745. The highest BCUT2D eigenvalue weighted by Gasteiger charge is 2.67. The summed E-state index contributed by atoms with van der Waals surface area (Å²) >= 11 is 0. The molecule has 0 saturated heterocycles. The van der Waals surface area contributed by atoms with Crippen LogP contribution in [0.25, 0.3) is 0 Å². The number of allylic oxidation sites excluding steroid dienone is 1. The van der Waals surface area contributed by atoms with Gasteiger partial charge >= 0.3 is 0 Å². The number of hydrogen-bond donors (Lipinski definition) is 4. The molecule has 3 saturated carbocycles. The van der Waals surface area contributed by atoms with Crippen LogP contribution in [-0.4, -0.2) is 55.4 Å². The van der Waals surface area contributed by atoms with E-state index in [1.165, 1.54) is 0 Å². The Bertz CT molecular complexity index is 857. The Labute approximate surface area is 197 Å². The summed E-state index contributed by atoms with van der Waals surface area (Å²) in [5.41, 5.74) is -2.15. The zero-order chi connectivity index (χ0) is 24.6. The zero-order valence-corrected chi connectivity index (χ0v) is 20.8. The number of aliphatic hydroxyl groups is 4. The summed E-state index contributed by atoms with van der Waals surface area (Å²) in [7, 11) is 0. The molecule has 0 aromatic rings. The number of rotatable bonds is 5. The first-order valence-electron chi connectivity index (χ1n) is 12.7. The lowest BCUT2D eigenvalue weighted by Crippen LogP contribution is -2.60. The normalized spacial score (nSPS) is 45.1. The molecule has 186 valence electrons. The van der Waals surface area contributed by atoms with Crippen LogP contribution in [0.3, 0.4) is 0 Å². The van der Waals surface area contributed by atoms with Crippen molar-refractivity contribution in [3.8, 4) is 0 Å². The van der Waals surface area contributed by atoms with Gasteiger partial charge in [0, 0.05) is 17.8 Å². The fourth-order valence-corrected chi connectivity index (χ4v) is 8.12. The van der Waals surface area contributed by atoms with Gasteiger partial charge in [-0.2, -0.15) is 0 Å². The monoisotopic (exact) mass is 462 g/mol. The SMILES string of the molecule is C[C@H]([C@H](O)CCC(C)(C)O)[C@H]1CC[C@@]2(O)C3=CC(=O)[C@@H]4CC(=O)[C@@H](O)C[C@]4(C)[C@H]3CC[C@]12C. The first kappa shape index (κ1) is 25.0.